The van der Waals surface area contributed by atoms with Crippen molar-refractivity contribution in [1.82, 2.24) is 0 Å². The average molecular weight is 280 g/mol. The second-order valence-corrected chi connectivity index (χ2v) is 5.90. The first-order valence-corrected chi connectivity index (χ1v) is 7.49. The SMILES string of the molecule is c1ccc2c(c1)-c1ccccc1C1OC1COCC1OC21. The molecule has 0 aliphatic carbocycles. The Morgan fingerprint density at radius 1 is 0.667 bits per heavy atom. The highest BCUT2D eigenvalue weighted by Crippen LogP contribution is 2.48. The van der Waals surface area contributed by atoms with E-state index in [0.29, 0.717) is 13.2 Å². The molecule has 4 atom stereocenters. The number of rotatable bonds is 0. The van der Waals surface area contributed by atoms with Crippen LogP contribution < -0.4 is 0 Å². The van der Waals surface area contributed by atoms with Gasteiger partial charge < -0.3 is 14.2 Å². The third-order valence-corrected chi connectivity index (χ3v) is 4.55. The third-order valence-electron chi connectivity index (χ3n) is 4.55. The number of fused-ring (bicyclic) bond motifs is 7. The summed E-state index contributed by atoms with van der Waals surface area (Å²) >= 11 is 0. The molecule has 3 aliphatic rings. The quantitative estimate of drug-likeness (QED) is 0.695. The molecule has 0 N–H and O–H groups in total. The van der Waals surface area contributed by atoms with Crippen LogP contribution in [-0.4, -0.2) is 25.4 Å². The van der Waals surface area contributed by atoms with Crippen LogP contribution in [0, 0.1) is 0 Å². The standard InChI is InChI=1S/C18H16O3/c1-3-7-13-11(5-1)12-6-2-4-8-14(12)18-16(21-18)10-19-9-15-17(13)20-15/h1-8,15-18H,9-10H2. The molecule has 0 aromatic heterocycles. The largest absolute Gasteiger partial charge is 0.376 e. The topological polar surface area (TPSA) is 34.3 Å². The van der Waals surface area contributed by atoms with Gasteiger partial charge >= 0.3 is 0 Å². The zero-order valence-corrected chi connectivity index (χ0v) is 11.6. The summed E-state index contributed by atoms with van der Waals surface area (Å²) in [7, 11) is 0. The number of hydrogen-bond donors (Lipinski definition) is 0. The molecular weight excluding hydrogens is 264 g/mol. The molecule has 3 nitrogen and oxygen atoms in total. The third kappa shape index (κ3) is 1.93. The van der Waals surface area contributed by atoms with Crippen LogP contribution in [0.25, 0.3) is 11.1 Å². The van der Waals surface area contributed by atoms with Crippen molar-refractivity contribution in [3.8, 4) is 11.1 Å². The Balaban J connectivity index is 1.69. The average Bonchev–Trinajstić information content (AvgIpc) is 3.42. The number of benzene rings is 2. The Morgan fingerprint density at radius 2 is 1.14 bits per heavy atom. The maximum absolute atomic E-state index is 5.81. The van der Waals surface area contributed by atoms with Crippen LogP contribution in [0.15, 0.2) is 48.5 Å². The molecule has 2 fully saturated rings. The number of hydrogen-bond acceptors (Lipinski definition) is 3. The second-order valence-electron chi connectivity index (χ2n) is 5.90. The first kappa shape index (κ1) is 11.9. The molecule has 106 valence electrons. The molecule has 0 saturated carbocycles. The van der Waals surface area contributed by atoms with Gasteiger partial charge in [-0.25, -0.2) is 0 Å². The van der Waals surface area contributed by atoms with Crippen molar-refractivity contribution < 1.29 is 14.2 Å². The van der Waals surface area contributed by atoms with Gasteiger partial charge in [-0.1, -0.05) is 48.5 Å². The molecule has 2 aromatic carbocycles. The fraction of sp³-hybridized carbons (Fsp3) is 0.333. The van der Waals surface area contributed by atoms with Crippen molar-refractivity contribution in [3.05, 3.63) is 59.7 Å². The Labute approximate surface area is 123 Å². The first-order chi connectivity index (χ1) is 10.4. The van der Waals surface area contributed by atoms with E-state index in [0.717, 1.165) is 0 Å². The van der Waals surface area contributed by atoms with Gasteiger partial charge in [-0.3, -0.25) is 0 Å². The monoisotopic (exact) mass is 280 g/mol. The lowest BCUT2D eigenvalue weighted by molar-refractivity contribution is 0.102. The van der Waals surface area contributed by atoms with Crippen molar-refractivity contribution in [2.75, 3.05) is 13.2 Å². The fourth-order valence-electron chi connectivity index (χ4n) is 3.37. The van der Waals surface area contributed by atoms with Crippen LogP contribution >= 0.6 is 0 Å². The van der Waals surface area contributed by atoms with Crippen molar-refractivity contribution in [3.63, 3.8) is 0 Å². The smallest absolute Gasteiger partial charge is 0.112 e. The Hall–Kier alpha value is -1.68. The summed E-state index contributed by atoms with van der Waals surface area (Å²) in [5.74, 6) is 0. The van der Waals surface area contributed by atoms with Crippen LogP contribution in [0.2, 0.25) is 0 Å². The van der Waals surface area contributed by atoms with E-state index < -0.39 is 0 Å². The predicted octanol–water partition coefficient (Wildman–Crippen LogP) is 3.26. The maximum Gasteiger partial charge on any atom is 0.112 e. The van der Waals surface area contributed by atoms with Gasteiger partial charge in [0.1, 0.15) is 24.4 Å². The van der Waals surface area contributed by atoms with Crippen LogP contribution in [0.4, 0.5) is 0 Å². The minimum Gasteiger partial charge on any atom is -0.376 e. The van der Waals surface area contributed by atoms with Crippen LogP contribution in [0.3, 0.4) is 0 Å². The molecule has 0 amide bonds. The summed E-state index contributed by atoms with van der Waals surface area (Å²) in [6.07, 6.45) is 0.719. The Bertz CT molecular complexity index is 637. The molecule has 5 rings (SSSR count). The predicted molar refractivity (Wildman–Crippen MR) is 77.9 cm³/mol. The summed E-state index contributed by atoms with van der Waals surface area (Å²) in [5.41, 5.74) is 5.05. The van der Waals surface area contributed by atoms with Crippen LogP contribution in [-0.2, 0) is 14.2 Å². The second kappa shape index (κ2) is 4.41. The van der Waals surface area contributed by atoms with Gasteiger partial charge in [-0.05, 0) is 22.3 Å². The van der Waals surface area contributed by atoms with Gasteiger partial charge in [-0.15, -0.1) is 0 Å². The molecule has 4 unspecified atom stereocenters. The summed E-state index contributed by atoms with van der Waals surface area (Å²) < 4.78 is 17.4. The molecule has 2 saturated heterocycles. The van der Waals surface area contributed by atoms with Crippen LogP contribution in [0.5, 0.6) is 0 Å². The summed E-state index contributed by atoms with van der Waals surface area (Å²) in [4.78, 5) is 0. The van der Waals surface area contributed by atoms with E-state index in [-0.39, 0.29) is 24.4 Å². The highest BCUT2D eigenvalue weighted by molar-refractivity contribution is 5.72. The van der Waals surface area contributed by atoms with E-state index >= 15 is 0 Å². The molecule has 21 heavy (non-hydrogen) atoms. The first-order valence-electron chi connectivity index (χ1n) is 7.49. The van der Waals surface area contributed by atoms with E-state index in [1.807, 2.05) is 0 Å². The highest BCUT2D eigenvalue weighted by atomic mass is 16.6. The van der Waals surface area contributed by atoms with Gasteiger partial charge in [-0.2, -0.15) is 0 Å². The number of epoxide rings is 2. The van der Waals surface area contributed by atoms with Crippen molar-refractivity contribution in [2.24, 2.45) is 0 Å². The van der Waals surface area contributed by atoms with Gasteiger partial charge in [0.15, 0.2) is 0 Å². The van der Waals surface area contributed by atoms with Crippen molar-refractivity contribution in [2.45, 2.75) is 24.4 Å². The summed E-state index contributed by atoms with van der Waals surface area (Å²) in [5, 5.41) is 0. The Morgan fingerprint density at radius 3 is 1.67 bits per heavy atom. The molecule has 2 aromatic rings. The van der Waals surface area contributed by atoms with E-state index in [2.05, 4.69) is 48.5 Å². The summed E-state index contributed by atoms with van der Waals surface area (Å²) in [6, 6.07) is 17.0. The van der Waals surface area contributed by atoms with E-state index in [1.54, 1.807) is 0 Å². The lowest BCUT2D eigenvalue weighted by Gasteiger charge is -2.11. The van der Waals surface area contributed by atoms with Crippen molar-refractivity contribution >= 4 is 0 Å². The molecule has 0 radical (unpaired) electrons. The minimum atomic E-state index is 0.171. The zero-order valence-electron chi connectivity index (χ0n) is 11.6. The molecule has 3 heteroatoms. The van der Waals surface area contributed by atoms with Gasteiger partial charge in [0, 0.05) is 0 Å². The molecule has 0 spiro atoms. The fourth-order valence-corrected chi connectivity index (χ4v) is 3.37. The highest BCUT2D eigenvalue weighted by Gasteiger charge is 2.46. The molecule has 0 bridgehead atoms. The van der Waals surface area contributed by atoms with Gasteiger partial charge in [0.05, 0.1) is 13.2 Å². The minimum absolute atomic E-state index is 0.171. The van der Waals surface area contributed by atoms with Gasteiger partial charge in [0.25, 0.3) is 0 Å². The summed E-state index contributed by atoms with van der Waals surface area (Å²) in [6.45, 7) is 1.31. The number of ether oxygens (including phenoxy) is 3. The molecular formula is C18H16O3. The lowest BCUT2D eigenvalue weighted by Crippen LogP contribution is -2.08. The lowest BCUT2D eigenvalue weighted by atomic mass is 9.91. The van der Waals surface area contributed by atoms with Crippen LogP contribution in [0.1, 0.15) is 23.3 Å². The van der Waals surface area contributed by atoms with Gasteiger partial charge in [0.2, 0.25) is 0 Å². The van der Waals surface area contributed by atoms with E-state index in [4.69, 9.17) is 14.2 Å². The van der Waals surface area contributed by atoms with E-state index in [1.165, 1.54) is 22.3 Å². The van der Waals surface area contributed by atoms with E-state index in [9.17, 15) is 0 Å². The van der Waals surface area contributed by atoms with Crippen molar-refractivity contribution in [1.29, 1.82) is 0 Å². The molecule has 3 aliphatic heterocycles. The zero-order chi connectivity index (χ0) is 13.8. The maximum atomic E-state index is 5.81. The Kier molecular flexibility index (Phi) is 2.50. The normalized spacial score (nSPS) is 32.8. The molecule has 3 heterocycles.